The topological polar surface area (TPSA) is 47.8 Å². The Morgan fingerprint density at radius 3 is 2.91 bits per heavy atom. The van der Waals surface area contributed by atoms with Crippen LogP contribution >= 0.6 is 0 Å². The van der Waals surface area contributed by atoms with Gasteiger partial charge in [-0.1, -0.05) is 5.21 Å². The summed E-state index contributed by atoms with van der Waals surface area (Å²) in [5.41, 5.74) is 0.697. The normalized spacial score (nSPS) is 10.7. The van der Waals surface area contributed by atoms with E-state index in [0.29, 0.717) is 5.69 Å². The zero-order valence-electron chi connectivity index (χ0n) is 6.48. The van der Waals surface area contributed by atoms with Crippen LogP contribution in [0.15, 0.2) is 12.3 Å². The van der Waals surface area contributed by atoms with Gasteiger partial charge < -0.3 is 0 Å². The summed E-state index contributed by atoms with van der Waals surface area (Å²) in [4.78, 5) is 10.5. The van der Waals surface area contributed by atoms with Crippen LogP contribution in [0.5, 0.6) is 0 Å². The van der Waals surface area contributed by atoms with E-state index in [9.17, 15) is 4.79 Å². The van der Waals surface area contributed by atoms with E-state index in [2.05, 4.69) is 10.3 Å². The third kappa shape index (κ3) is 2.33. The van der Waals surface area contributed by atoms with Crippen molar-refractivity contribution in [1.82, 2.24) is 15.0 Å². The van der Waals surface area contributed by atoms with E-state index >= 15 is 0 Å². The van der Waals surface area contributed by atoms with Gasteiger partial charge in [-0.3, -0.25) is 9.48 Å². The Morgan fingerprint density at radius 2 is 2.45 bits per heavy atom. The van der Waals surface area contributed by atoms with Gasteiger partial charge in [0, 0.05) is 7.05 Å². The van der Waals surface area contributed by atoms with Crippen molar-refractivity contribution < 1.29 is 4.79 Å². The molecule has 0 aliphatic carbocycles. The van der Waals surface area contributed by atoms with Gasteiger partial charge in [-0.2, -0.15) is 0 Å². The molecule has 0 unspecified atom stereocenters. The monoisotopic (exact) mass is 151 g/mol. The third-order valence-electron chi connectivity index (χ3n) is 1.11. The van der Waals surface area contributed by atoms with Crippen molar-refractivity contribution in [2.45, 2.75) is 6.92 Å². The fourth-order valence-electron chi connectivity index (χ4n) is 0.644. The highest BCUT2D eigenvalue weighted by Gasteiger charge is 1.91. The molecule has 1 aromatic rings. The van der Waals surface area contributed by atoms with E-state index in [1.165, 1.54) is 13.0 Å². The second-order valence-corrected chi connectivity index (χ2v) is 2.26. The van der Waals surface area contributed by atoms with Crippen LogP contribution in [-0.4, -0.2) is 20.8 Å². The molecule has 0 N–H and O–H groups in total. The van der Waals surface area contributed by atoms with Crippen molar-refractivity contribution in [2.24, 2.45) is 7.05 Å². The second-order valence-electron chi connectivity index (χ2n) is 2.26. The molecule has 1 aromatic heterocycles. The molecule has 0 fully saturated rings. The molecule has 0 aromatic carbocycles. The first kappa shape index (κ1) is 7.65. The minimum absolute atomic E-state index is 0.00986. The van der Waals surface area contributed by atoms with Crippen molar-refractivity contribution in [3.8, 4) is 0 Å². The van der Waals surface area contributed by atoms with Crippen molar-refractivity contribution in [3.05, 3.63) is 18.0 Å². The highest BCUT2D eigenvalue weighted by molar-refractivity contribution is 5.91. The minimum Gasteiger partial charge on any atom is -0.295 e. The number of ketones is 1. The zero-order chi connectivity index (χ0) is 8.27. The van der Waals surface area contributed by atoms with E-state index < -0.39 is 0 Å². The molecule has 0 spiro atoms. The molecule has 0 amide bonds. The van der Waals surface area contributed by atoms with Gasteiger partial charge in [0.1, 0.15) is 5.69 Å². The molecule has 0 aliphatic rings. The van der Waals surface area contributed by atoms with Crippen LogP contribution in [0.1, 0.15) is 12.6 Å². The van der Waals surface area contributed by atoms with E-state index in [1.54, 1.807) is 24.0 Å². The molecule has 4 heteroatoms. The highest BCUT2D eigenvalue weighted by Crippen LogP contribution is 1.93. The van der Waals surface area contributed by atoms with E-state index in [0.717, 1.165) is 0 Å². The average Bonchev–Trinajstić information content (AvgIpc) is 2.31. The number of aryl methyl sites for hydroxylation is 1. The van der Waals surface area contributed by atoms with Crippen molar-refractivity contribution >= 4 is 11.9 Å². The quantitative estimate of drug-likeness (QED) is 0.575. The molecule has 4 nitrogen and oxygen atoms in total. The third-order valence-corrected chi connectivity index (χ3v) is 1.11. The number of allylic oxidation sites excluding steroid dienone is 1. The molecular formula is C7H9N3O. The lowest BCUT2D eigenvalue weighted by atomic mass is 10.3. The first-order valence-corrected chi connectivity index (χ1v) is 3.23. The Kier molecular flexibility index (Phi) is 2.15. The molecule has 58 valence electrons. The Morgan fingerprint density at radius 1 is 1.73 bits per heavy atom. The largest absolute Gasteiger partial charge is 0.295 e. The SMILES string of the molecule is CC(=O)/C=C/c1cn(C)nn1. The fraction of sp³-hybridized carbons (Fsp3) is 0.286. The highest BCUT2D eigenvalue weighted by atomic mass is 16.1. The summed E-state index contributed by atoms with van der Waals surface area (Å²) in [5.74, 6) is 0.00986. The number of nitrogens with zero attached hydrogens (tertiary/aromatic N) is 3. The van der Waals surface area contributed by atoms with Gasteiger partial charge in [0.2, 0.25) is 0 Å². The van der Waals surface area contributed by atoms with Gasteiger partial charge in [-0.15, -0.1) is 5.10 Å². The van der Waals surface area contributed by atoms with Gasteiger partial charge >= 0.3 is 0 Å². The summed E-state index contributed by atoms with van der Waals surface area (Å²) in [6.45, 7) is 1.49. The molecule has 0 saturated carbocycles. The second kappa shape index (κ2) is 3.09. The summed E-state index contributed by atoms with van der Waals surface area (Å²) < 4.78 is 1.58. The van der Waals surface area contributed by atoms with E-state index in [1.807, 2.05) is 0 Å². The smallest absolute Gasteiger partial charge is 0.152 e. The van der Waals surface area contributed by atoms with Crippen LogP contribution in [0.25, 0.3) is 6.08 Å². The summed E-state index contributed by atoms with van der Waals surface area (Å²) in [5, 5.41) is 7.46. The maximum absolute atomic E-state index is 10.5. The molecule has 0 radical (unpaired) electrons. The maximum atomic E-state index is 10.5. The molecule has 0 bridgehead atoms. The summed E-state index contributed by atoms with van der Waals surface area (Å²) in [6.07, 6.45) is 4.83. The van der Waals surface area contributed by atoms with Gasteiger partial charge in [-0.05, 0) is 19.1 Å². The maximum Gasteiger partial charge on any atom is 0.152 e. The number of carbonyl (C=O) groups is 1. The molecule has 1 heterocycles. The number of aromatic nitrogens is 3. The Balaban J connectivity index is 2.71. The predicted molar refractivity (Wildman–Crippen MR) is 40.7 cm³/mol. The van der Waals surface area contributed by atoms with Gasteiger partial charge in [-0.25, -0.2) is 0 Å². The standard InChI is InChI=1S/C7H9N3O/c1-6(11)3-4-7-5-10(2)9-8-7/h3-5H,1-2H3/b4-3+. The lowest BCUT2D eigenvalue weighted by Gasteiger charge is -1.78. The number of hydrogen-bond donors (Lipinski definition) is 0. The van der Waals surface area contributed by atoms with Crippen LogP contribution in [0.4, 0.5) is 0 Å². The summed E-state index contributed by atoms with van der Waals surface area (Å²) >= 11 is 0. The summed E-state index contributed by atoms with van der Waals surface area (Å²) in [6, 6.07) is 0. The number of rotatable bonds is 2. The van der Waals surface area contributed by atoms with Crippen LogP contribution in [-0.2, 0) is 11.8 Å². The van der Waals surface area contributed by atoms with Crippen molar-refractivity contribution in [2.75, 3.05) is 0 Å². The predicted octanol–water partition coefficient (Wildman–Crippen LogP) is 0.417. The van der Waals surface area contributed by atoms with Crippen LogP contribution in [0.2, 0.25) is 0 Å². The first-order valence-electron chi connectivity index (χ1n) is 3.23. The first-order chi connectivity index (χ1) is 5.18. The molecule has 0 atom stereocenters. The molecule has 1 rings (SSSR count). The van der Waals surface area contributed by atoms with E-state index in [4.69, 9.17) is 0 Å². The van der Waals surface area contributed by atoms with Gasteiger partial charge in [0.05, 0.1) is 6.20 Å². The zero-order valence-corrected chi connectivity index (χ0v) is 6.48. The average molecular weight is 151 g/mol. The fourth-order valence-corrected chi connectivity index (χ4v) is 0.644. The molecular weight excluding hydrogens is 142 g/mol. The Labute approximate surface area is 64.5 Å². The van der Waals surface area contributed by atoms with Crippen molar-refractivity contribution in [1.29, 1.82) is 0 Å². The number of carbonyl (C=O) groups excluding carboxylic acids is 1. The van der Waals surface area contributed by atoms with Crippen LogP contribution < -0.4 is 0 Å². The molecule has 0 aliphatic heterocycles. The van der Waals surface area contributed by atoms with Crippen molar-refractivity contribution in [3.63, 3.8) is 0 Å². The molecule has 0 saturated heterocycles. The van der Waals surface area contributed by atoms with Crippen LogP contribution in [0.3, 0.4) is 0 Å². The Bertz CT molecular complexity index is 288. The molecule has 11 heavy (non-hydrogen) atoms. The summed E-state index contributed by atoms with van der Waals surface area (Å²) in [7, 11) is 1.78. The minimum atomic E-state index is 0.00986. The van der Waals surface area contributed by atoms with E-state index in [-0.39, 0.29) is 5.78 Å². The van der Waals surface area contributed by atoms with Gasteiger partial charge in [0.15, 0.2) is 5.78 Å². The Hall–Kier alpha value is -1.45. The van der Waals surface area contributed by atoms with Gasteiger partial charge in [0.25, 0.3) is 0 Å². The lowest BCUT2D eigenvalue weighted by molar-refractivity contribution is -0.112. The lowest BCUT2D eigenvalue weighted by Crippen LogP contribution is -1.85. The van der Waals surface area contributed by atoms with Crippen LogP contribution in [0, 0.1) is 0 Å². The number of hydrogen-bond acceptors (Lipinski definition) is 3.